The Balaban J connectivity index is 2.00. The molecule has 0 bridgehead atoms. The van der Waals surface area contributed by atoms with Crippen molar-refractivity contribution in [1.82, 2.24) is 0 Å². The Labute approximate surface area is 152 Å². The van der Waals surface area contributed by atoms with Crippen LogP contribution in [-0.2, 0) is 4.79 Å². The van der Waals surface area contributed by atoms with Gasteiger partial charge in [0.2, 0.25) is 0 Å². The second-order valence-electron chi connectivity index (χ2n) is 6.59. The van der Waals surface area contributed by atoms with Crippen molar-refractivity contribution in [3.05, 3.63) is 71.3 Å². The summed E-state index contributed by atoms with van der Waals surface area (Å²) in [7, 11) is 0. The van der Waals surface area contributed by atoms with Gasteiger partial charge in [0, 0.05) is 6.92 Å². The second kappa shape index (κ2) is 7.00. The summed E-state index contributed by atoms with van der Waals surface area (Å²) < 4.78 is 11.3. The molecule has 132 valence electrons. The minimum absolute atomic E-state index is 0.226. The fourth-order valence-electron chi connectivity index (χ4n) is 2.70. The topological polar surface area (TPSA) is 52.6 Å². The van der Waals surface area contributed by atoms with Crippen LogP contribution >= 0.6 is 0 Å². The van der Waals surface area contributed by atoms with Crippen LogP contribution in [0.15, 0.2) is 54.6 Å². The molecule has 0 spiro atoms. The first-order chi connectivity index (χ1) is 12.4. The fourth-order valence-corrected chi connectivity index (χ4v) is 2.70. The van der Waals surface area contributed by atoms with Crippen molar-refractivity contribution in [2.24, 2.45) is 0 Å². The van der Waals surface area contributed by atoms with Crippen LogP contribution in [-0.4, -0.2) is 17.4 Å². The van der Waals surface area contributed by atoms with Gasteiger partial charge in [-0.1, -0.05) is 36.4 Å². The molecule has 0 amide bonds. The first-order valence-electron chi connectivity index (χ1n) is 8.37. The van der Waals surface area contributed by atoms with Crippen LogP contribution in [0.5, 0.6) is 11.5 Å². The van der Waals surface area contributed by atoms with Crippen LogP contribution in [0.25, 0.3) is 12.2 Å². The number of ketones is 1. The van der Waals surface area contributed by atoms with Gasteiger partial charge in [-0.25, -0.2) is 0 Å². The zero-order valence-electron chi connectivity index (χ0n) is 15.0. The number of hydrogen-bond donors (Lipinski definition) is 0. The lowest BCUT2D eigenvalue weighted by molar-refractivity contribution is -0.131. The monoisotopic (exact) mass is 348 g/mol. The number of hydrogen-bond acceptors (Lipinski definition) is 4. The Morgan fingerprint density at radius 3 is 2.50 bits per heavy atom. The van der Waals surface area contributed by atoms with Crippen LogP contribution in [0.2, 0.25) is 0 Å². The van der Waals surface area contributed by atoms with E-state index >= 15 is 0 Å². The maximum absolute atomic E-state index is 12.7. The molecular formula is C22H20O4. The Morgan fingerprint density at radius 2 is 1.81 bits per heavy atom. The Kier molecular flexibility index (Phi) is 4.76. The summed E-state index contributed by atoms with van der Waals surface area (Å²) >= 11 is 0. The molecule has 2 aromatic carbocycles. The van der Waals surface area contributed by atoms with E-state index in [1.165, 1.54) is 13.0 Å². The molecule has 0 aromatic heterocycles. The maximum atomic E-state index is 12.7. The molecule has 0 fully saturated rings. The smallest absolute Gasteiger partial charge is 0.308 e. The van der Waals surface area contributed by atoms with Gasteiger partial charge < -0.3 is 9.47 Å². The summed E-state index contributed by atoms with van der Waals surface area (Å²) in [6.07, 6.45) is 6.90. The van der Waals surface area contributed by atoms with Crippen LogP contribution in [0.1, 0.15) is 42.3 Å². The van der Waals surface area contributed by atoms with E-state index in [-0.39, 0.29) is 11.5 Å². The lowest BCUT2D eigenvalue weighted by atomic mass is 9.97. The lowest BCUT2D eigenvalue weighted by Crippen LogP contribution is -2.28. The van der Waals surface area contributed by atoms with E-state index in [1.807, 2.05) is 56.3 Å². The standard InChI is InChI=1S/C22H20O4/c1-15(23)25-21-17(19(24)11-9-16-7-5-4-6-8-16)10-12-20-18(21)13-14-22(2,3)26-20/h4-14H,1-3H3. The summed E-state index contributed by atoms with van der Waals surface area (Å²) in [4.78, 5) is 24.3. The van der Waals surface area contributed by atoms with Crippen LogP contribution in [0.3, 0.4) is 0 Å². The van der Waals surface area contributed by atoms with Crippen LogP contribution in [0.4, 0.5) is 0 Å². The van der Waals surface area contributed by atoms with E-state index in [2.05, 4.69) is 0 Å². The van der Waals surface area contributed by atoms with Crippen LogP contribution < -0.4 is 9.47 Å². The number of esters is 1. The first kappa shape index (κ1) is 17.7. The summed E-state index contributed by atoms with van der Waals surface area (Å²) in [6.45, 7) is 5.17. The van der Waals surface area contributed by atoms with E-state index in [9.17, 15) is 9.59 Å². The van der Waals surface area contributed by atoms with E-state index < -0.39 is 11.6 Å². The van der Waals surface area contributed by atoms with Gasteiger partial charge in [0.25, 0.3) is 0 Å². The van der Waals surface area contributed by atoms with Gasteiger partial charge in [-0.15, -0.1) is 0 Å². The molecule has 3 rings (SSSR count). The average Bonchev–Trinajstić information content (AvgIpc) is 2.59. The van der Waals surface area contributed by atoms with E-state index in [0.29, 0.717) is 16.9 Å². The molecule has 0 unspecified atom stereocenters. The SMILES string of the molecule is CC(=O)Oc1c(C(=O)C=Cc2ccccc2)ccc2c1C=CC(C)(C)O2. The third-order valence-electron chi connectivity index (χ3n) is 3.92. The highest BCUT2D eigenvalue weighted by Gasteiger charge is 2.27. The molecule has 4 heteroatoms. The fraction of sp³-hybridized carbons (Fsp3) is 0.182. The van der Waals surface area contributed by atoms with Gasteiger partial charge in [0.05, 0.1) is 11.1 Å². The van der Waals surface area contributed by atoms with E-state index in [4.69, 9.17) is 9.47 Å². The number of rotatable bonds is 4. The van der Waals surface area contributed by atoms with Crippen molar-refractivity contribution < 1.29 is 19.1 Å². The van der Waals surface area contributed by atoms with Gasteiger partial charge in [0.15, 0.2) is 11.5 Å². The van der Waals surface area contributed by atoms with Crippen molar-refractivity contribution in [3.63, 3.8) is 0 Å². The number of ether oxygens (including phenoxy) is 2. The van der Waals surface area contributed by atoms with Crippen molar-refractivity contribution in [2.45, 2.75) is 26.4 Å². The average molecular weight is 348 g/mol. The molecule has 0 aliphatic carbocycles. The predicted octanol–water partition coefficient (Wildman–Crippen LogP) is 4.69. The van der Waals surface area contributed by atoms with Gasteiger partial charge in [-0.2, -0.15) is 0 Å². The molecule has 1 heterocycles. The first-order valence-corrected chi connectivity index (χ1v) is 8.37. The minimum Gasteiger partial charge on any atom is -0.483 e. The molecule has 2 aromatic rings. The van der Waals surface area contributed by atoms with Crippen molar-refractivity contribution in [3.8, 4) is 11.5 Å². The molecule has 0 saturated heterocycles. The minimum atomic E-state index is -0.488. The Bertz CT molecular complexity index is 905. The third kappa shape index (κ3) is 3.91. The lowest BCUT2D eigenvalue weighted by Gasteiger charge is -2.29. The summed E-state index contributed by atoms with van der Waals surface area (Å²) in [5, 5.41) is 0. The Morgan fingerprint density at radius 1 is 1.08 bits per heavy atom. The largest absolute Gasteiger partial charge is 0.483 e. The van der Waals surface area contributed by atoms with Gasteiger partial charge >= 0.3 is 5.97 Å². The highest BCUT2D eigenvalue weighted by atomic mass is 16.5. The molecule has 0 saturated carbocycles. The highest BCUT2D eigenvalue weighted by molar-refractivity contribution is 6.10. The number of benzene rings is 2. The van der Waals surface area contributed by atoms with Crippen molar-refractivity contribution >= 4 is 23.9 Å². The molecule has 0 radical (unpaired) electrons. The molecule has 26 heavy (non-hydrogen) atoms. The van der Waals surface area contributed by atoms with E-state index in [1.54, 1.807) is 18.2 Å². The quantitative estimate of drug-likeness (QED) is 0.348. The summed E-state index contributed by atoms with van der Waals surface area (Å²) in [5.41, 5.74) is 1.37. The maximum Gasteiger partial charge on any atom is 0.308 e. The summed E-state index contributed by atoms with van der Waals surface area (Å²) in [5.74, 6) is 0.0747. The number of carbonyl (C=O) groups excluding carboxylic acids is 2. The van der Waals surface area contributed by atoms with Gasteiger partial charge in [-0.05, 0) is 49.8 Å². The third-order valence-corrected chi connectivity index (χ3v) is 3.92. The molecule has 1 aliphatic rings. The van der Waals surface area contributed by atoms with Gasteiger partial charge in [-0.3, -0.25) is 9.59 Å². The van der Waals surface area contributed by atoms with E-state index in [0.717, 1.165) is 5.56 Å². The van der Waals surface area contributed by atoms with Gasteiger partial charge in [0.1, 0.15) is 11.4 Å². The highest BCUT2D eigenvalue weighted by Crippen LogP contribution is 2.39. The van der Waals surface area contributed by atoms with Crippen molar-refractivity contribution in [1.29, 1.82) is 0 Å². The predicted molar refractivity (Wildman–Crippen MR) is 101 cm³/mol. The molecule has 4 nitrogen and oxygen atoms in total. The number of fused-ring (bicyclic) bond motifs is 1. The zero-order chi connectivity index (χ0) is 18.7. The van der Waals surface area contributed by atoms with Crippen molar-refractivity contribution in [2.75, 3.05) is 0 Å². The zero-order valence-corrected chi connectivity index (χ0v) is 15.0. The summed E-state index contributed by atoms with van der Waals surface area (Å²) in [6, 6.07) is 12.9. The molecule has 1 aliphatic heterocycles. The normalized spacial score (nSPS) is 14.6. The number of allylic oxidation sites excluding steroid dienone is 1. The van der Waals surface area contributed by atoms with Crippen LogP contribution in [0, 0.1) is 0 Å². The molecule has 0 atom stereocenters. The molecule has 0 N–H and O–H groups in total. The molecular weight excluding hydrogens is 328 g/mol. The number of carbonyl (C=O) groups is 2. The second-order valence-corrected chi connectivity index (χ2v) is 6.59. The Hall–Kier alpha value is -3.14.